The van der Waals surface area contributed by atoms with Crippen molar-refractivity contribution in [2.24, 2.45) is 0 Å². The van der Waals surface area contributed by atoms with Crippen molar-refractivity contribution >= 4 is 35.2 Å². The highest BCUT2D eigenvalue weighted by Gasteiger charge is 2.46. The van der Waals surface area contributed by atoms with Gasteiger partial charge in [0.1, 0.15) is 34.8 Å². The molecule has 0 aliphatic heterocycles. The lowest BCUT2D eigenvalue weighted by Crippen LogP contribution is -3.00. The van der Waals surface area contributed by atoms with E-state index in [4.69, 9.17) is 4.74 Å². The van der Waals surface area contributed by atoms with Crippen LogP contribution >= 0.6 is 7.26 Å². The minimum Gasteiger partial charge on any atom is -1.00 e. The first kappa shape index (κ1) is 27.8. The minimum atomic E-state index is -2.19. The normalized spacial score (nSPS) is 12.2. The van der Waals surface area contributed by atoms with Gasteiger partial charge in [0.05, 0.1) is 6.16 Å². The molecule has 1 unspecified atom stereocenters. The summed E-state index contributed by atoms with van der Waals surface area (Å²) in [6, 6.07) is 29.7. The van der Waals surface area contributed by atoms with Gasteiger partial charge >= 0.3 is 12.1 Å². The molecule has 3 aromatic carbocycles. The second-order valence-corrected chi connectivity index (χ2v) is 12.5. The molecule has 3 aromatic rings. The van der Waals surface area contributed by atoms with Crippen molar-refractivity contribution in [3.63, 3.8) is 0 Å². The molecule has 5 nitrogen and oxygen atoms in total. The number of carboxylic acids is 1. The molecule has 0 aromatic heterocycles. The predicted octanol–water partition coefficient (Wildman–Crippen LogP) is 1.35. The Bertz CT molecular complexity index is 960. The lowest BCUT2D eigenvalue weighted by atomic mass is 10.2. The number of nitrogens with one attached hydrogen (secondary N) is 1. The number of halogens is 1. The number of carbonyl (C=O) groups excluding carboxylic acids is 1. The third kappa shape index (κ3) is 7.03. The van der Waals surface area contributed by atoms with Gasteiger partial charge in [-0.1, -0.05) is 54.6 Å². The fraction of sp³-hybridized carbons (Fsp3) is 0.259. The number of hydrogen-bond donors (Lipinski definition) is 2. The maximum atomic E-state index is 12.3. The predicted molar refractivity (Wildman–Crippen MR) is 135 cm³/mol. The Kier molecular flexibility index (Phi) is 10.1. The van der Waals surface area contributed by atoms with Gasteiger partial charge in [-0.25, -0.2) is 9.59 Å². The van der Waals surface area contributed by atoms with E-state index in [1.807, 2.05) is 54.6 Å². The van der Waals surface area contributed by atoms with Crippen molar-refractivity contribution < 1.29 is 43.4 Å². The molecule has 0 saturated heterocycles. The monoisotopic (exact) mass is 591 g/mol. The zero-order valence-corrected chi connectivity index (χ0v) is 22.7. The quantitative estimate of drug-likeness (QED) is 0.307. The van der Waals surface area contributed by atoms with Crippen molar-refractivity contribution in [2.75, 3.05) is 6.16 Å². The molecule has 1 atom stereocenters. The van der Waals surface area contributed by atoms with Gasteiger partial charge in [0.25, 0.3) is 0 Å². The summed E-state index contributed by atoms with van der Waals surface area (Å²) in [7, 11) is -2.19. The Morgan fingerprint density at radius 1 is 0.824 bits per heavy atom. The van der Waals surface area contributed by atoms with Gasteiger partial charge in [-0.2, -0.15) is 0 Å². The summed E-state index contributed by atoms with van der Waals surface area (Å²) in [6.07, 6.45) is 0.122. The number of hydrogen-bond acceptors (Lipinski definition) is 3. The van der Waals surface area contributed by atoms with Gasteiger partial charge < -0.3 is 39.1 Å². The molecule has 3 rings (SSSR count). The lowest BCUT2D eigenvalue weighted by molar-refractivity contribution is -0.139. The second kappa shape index (κ2) is 12.3. The number of amides is 1. The lowest BCUT2D eigenvalue weighted by Gasteiger charge is -2.29. The second-order valence-electron chi connectivity index (χ2n) is 8.87. The number of carbonyl (C=O) groups is 2. The number of aliphatic carboxylic acids is 1. The van der Waals surface area contributed by atoms with Crippen LogP contribution in [0.1, 0.15) is 27.2 Å². The van der Waals surface area contributed by atoms with E-state index < -0.39 is 31.0 Å². The molecule has 7 heteroatoms. The number of carboxylic acid groups (broad SMARTS) is 1. The molecule has 0 radical (unpaired) electrons. The summed E-state index contributed by atoms with van der Waals surface area (Å²) >= 11 is 0. The van der Waals surface area contributed by atoms with Crippen LogP contribution in [0, 0.1) is 0 Å². The first-order valence-corrected chi connectivity index (χ1v) is 13.0. The van der Waals surface area contributed by atoms with Crippen LogP contribution in [0.15, 0.2) is 91.0 Å². The summed E-state index contributed by atoms with van der Waals surface area (Å²) < 4.78 is 5.30. The molecule has 0 fully saturated rings. The fourth-order valence-electron chi connectivity index (χ4n) is 3.91. The van der Waals surface area contributed by atoms with E-state index in [-0.39, 0.29) is 30.4 Å². The topological polar surface area (TPSA) is 75.6 Å². The number of benzene rings is 3. The molecule has 0 spiro atoms. The van der Waals surface area contributed by atoms with E-state index in [9.17, 15) is 14.7 Å². The first-order chi connectivity index (χ1) is 15.7. The molecule has 1 amide bonds. The molecular formula is C27H31INO4P. The summed E-state index contributed by atoms with van der Waals surface area (Å²) in [6.45, 7) is 5.25. The molecule has 0 bridgehead atoms. The number of rotatable bonds is 8. The zero-order chi connectivity index (χ0) is 23.9. The van der Waals surface area contributed by atoms with E-state index in [0.717, 1.165) is 0 Å². The number of alkyl carbamates (subject to hydrolysis) is 1. The molecular weight excluding hydrogens is 560 g/mol. The molecule has 0 heterocycles. The standard InChI is InChI=1S/C27H30NO4P.HI/c1-27(2,3)32-26(31)28-24(25(29)30)19-20-33(21-13-7-4-8-14-21,22-15-9-5-10-16-22)23-17-11-6-12-18-23;/h4-18,24H,19-20H2,1-3H3,(H-,28,29,30,31);1H. The van der Waals surface area contributed by atoms with Crippen LogP contribution in [0.2, 0.25) is 0 Å². The average Bonchev–Trinajstić information content (AvgIpc) is 2.79. The Hall–Kier alpha value is -2.44. The van der Waals surface area contributed by atoms with Gasteiger partial charge in [0.2, 0.25) is 0 Å². The van der Waals surface area contributed by atoms with Gasteiger partial charge in [0.15, 0.2) is 0 Å². The summed E-state index contributed by atoms with van der Waals surface area (Å²) in [5.74, 6) is -1.08. The van der Waals surface area contributed by atoms with Crippen molar-refractivity contribution in [1.29, 1.82) is 0 Å². The largest absolute Gasteiger partial charge is 1.00 e. The van der Waals surface area contributed by atoms with E-state index in [1.54, 1.807) is 20.8 Å². The van der Waals surface area contributed by atoms with E-state index in [2.05, 4.69) is 41.7 Å². The minimum absolute atomic E-state index is 0. The molecule has 180 valence electrons. The van der Waals surface area contributed by atoms with Crippen molar-refractivity contribution in [1.82, 2.24) is 5.32 Å². The molecule has 34 heavy (non-hydrogen) atoms. The van der Waals surface area contributed by atoms with E-state index in [0.29, 0.717) is 6.16 Å². The first-order valence-electron chi connectivity index (χ1n) is 11.0. The summed E-state index contributed by atoms with van der Waals surface area (Å²) in [4.78, 5) is 24.4. The zero-order valence-electron chi connectivity index (χ0n) is 19.6. The van der Waals surface area contributed by atoms with E-state index in [1.165, 1.54) is 15.9 Å². The third-order valence-electron chi connectivity index (χ3n) is 5.33. The summed E-state index contributed by atoms with van der Waals surface area (Å²) in [5, 5.41) is 15.9. The SMILES string of the molecule is CC(C)(C)OC(=O)NC(CC[P+](c1ccccc1)(c1ccccc1)c1ccccc1)C(=O)O.[I-]. The van der Waals surface area contributed by atoms with Crippen molar-refractivity contribution in [2.45, 2.75) is 38.8 Å². The highest BCUT2D eigenvalue weighted by atomic mass is 127. The molecule has 2 N–H and O–H groups in total. The van der Waals surface area contributed by atoms with Gasteiger partial charge in [0, 0.05) is 6.42 Å². The van der Waals surface area contributed by atoms with Gasteiger partial charge in [-0.15, -0.1) is 0 Å². The van der Waals surface area contributed by atoms with Crippen LogP contribution in [-0.2, 0) is 9.53 Å². The van der Waals surface area contributed by atoms with Crippen molar-refractivity contribution in [3.05, 3.63) is 91.0 Å². The molecule has 0 saturated carbocycles. The van der Waals surface area contributed by atoms with Crippen LogP contribution < -0.4 is 45.2 Å². The summed E-state index contributed by atoms with van der Waals surface area (Å²) in [5.41, 5.74) is -0.706. The smallest absolute Gasteiger partial charge is 0.408 e. The van der Waals surface area contributed by atoms with Crippen LogP contribution in [0.4, 0.5) is 4.79 Å². The Morgan fingerprint density at radius 2 is 1.21 bits per heavy atom. The Balaban J connectivity index is 0.00000408. The Morgan fingerprint density at radius 3 is 1.53 bits per heavy atom. The maximum Gasteiger partial charge on any atom is 0.408 e. The maximum absolute atomic E-state index is 12.3. The molecule has 0 aliphatic carbocycles. The van der Waals surface area contributed by atoms with Crippen LogP contribution in [-0.4, -0.2) is 35.0 Å². The van der Waals surface area contributed by atoms with Crippen LogP contribution in [0.25, 0.3) is 0 Å². The molecule has 0 aliphatic rings. The fourth-order valence-corrected chi connectivity index (χ4v) is 8.27. The highest BCUT2D eigenvalue weighted by molar-refractivity contribution is 7.95. The highest BCUT2D eigenvalue weighted by Crippen LogP contribution is 2.55. The van der Waals surface area contributed by atoms with Gasteiger partial charge in [-0.3, -0.25) is 0 Å². The third-order valence-corrected chi connectivity index (χ3v) is 9.80. The Labute approximate surface area is 219 Å². The van der Waals surface area contributed by atoms with Gasteiger partial charge in [-0.05, 0) is 57.2 Å². The van der Waals surface area contributed by atoms with Crippen molar-refractivity contribution in [3.8, 4) is 0 Å². The van der Waals surface area contributed by atoms with Crippen LogP contribution in [0.5, 0.6) is 0 Å². The average molecular weight is 591 g/mol. The van der Waals surface area contributed by atoms with E-state index >= 15 is 0 Å². The van der Waals surface area contributed by atoms with Crippen LogP contribution in [0.3, 0.4) is 0 Å². The number of ether oxygens (including phenoxy) is 1.